The van der Waals surface area contributed by atoms with Crippen LogP contribution in [0, 0.1) is 6.92 Å². The summed E-state index contributed by atoms with van der Waals surface area (Å²) in [4.78, 5) is 4.61. The molecule has 0 aliphatic rings. The van der Waals surface area contributed by atoms with Crippen LogP contribution in [0.1, 0.15) is 16.7 Å². The Hall–Kier alpha value is -1.87. The second-order valence-electron chi connectivity index (χ2n) is 5.16. The minimum Gasteiger partial charge on any atom is -0.481 e. The van der Waals surface area contributed by atoms with Crippen molar-refractivity contribution in [3.8, 4) is 5.88 Å². The van der Waals surface area contributed by atoms with Gasteiger partial charge in [-0.15, -0.1) is 0 Å². The van der Waals surface area contributed by atoms with Crippen LogP contribution in [-0.4, -0.2) is 12.1 Å². The molecular weight excluding hydrogens is 326 g/mol. The molecule has 0 saturated carbocycles. The molecule has 0 unspecified atom stereocenters. The van der Waals surface area contributed by atoms with E-state index in [9.17, 15) is 0 Å². The molecule has 0 N–H and O–H groups in total. The van der Waals surface area contributed by atoms with E-state index in [0.29, 0.717) is 5.88 Å². The maximum atomic E-state index is 5.46. The molecule has 0 radical (unpaired) electrons. The Morgan fingerprint density at radius 1 is 1.10 bits per heavy atom. The van der Waals surface area contributed by atoms with Gasteiger partial charge in [0.1, 0.15) is 0 Å². The molecule has 1 heterocycles. The molecule has 0 saturated heterocycles. The molecule has 2 aromatic carbocycles. The van der Waals surface area contributed by atoms with Crippen molar-refractivity contribution < 1.29 is 4.74 Å². The van der Waals surface area contributed by atoms with E-state index in [1.54, 1.807) is 7.11 Å². The summed E-state index contributed by atoms with van der Waals surface area (Å²) >= 11 is 3.51. The normalized spacial score (nSPS) is 10.8. The first-order chi connectivity index (χ1) is 10.2. The molecule has 0 aliphatic carbocycles. The fourth-order valence-electron chi connectivity index (χ4n) is 2.52. The lowest BCUT2D eigenvalue weighted by Gasteiger charge is -2.10. The maximum absolute atomic E-state index is 5.46. The quantitative estimate of drug-likeness (QED) is 0.675. The Kier molecular flexibility index (Phi) is 3.93. The predicted octanol–water partition coefficient (Wildman–Crippen LogP) is 4.91. The van der Waals surface area contributed by atoms with Gasteiger partial charge in [-0.1, -0.05) is 45.8 Å². The van der Waals surface area contributed by atoms with Crippen LogP contribution in [0.3, 0.4) is 0 Å². The Morgan fingerprint density at radius 2 is 1.95 bits per heavy atom. The summed E-state index contributed by atoms with van der Waals surface area (Å²) < 4.78 is 6.52. The Labute approximate surface area is 132 Å². The molecule has 3 heteroatoms. The van der Waals surface area contributed by atoms with Crippen molar-refractivity contribution in [2.75, 3.05) is 7.11 Å². The van der Waals surface area contributed by atoms with Crippen molar-refractivity contribution in [3.63, 3.8) is 0 Å². The number of benzene rings is 2. The second-order valence-corrected chi connectivity index (χ2v) is 6.08. The van der Waals surface area contributed by atoms with Gasteiger partial charge >= 0.3 is 0 Å². The van der Waals surface area contributed by atoms with Gasteiger partial charge in [-0.3, -0.25) is 0 Å². The smallest absolute Gasteiger partial charge is 0.217 e. The molecule has 21 heavy (non-hydrogen) atoms. The number of rotatable bonds is 3. The Balaban J connectivity index is 2.07. The molecule has 0 bridgehead atoms. The highest BCUT2D eigenvalue weighted by Crippen LogP contribution is 2.26. The van der Waals surface area contributed by atoms with Gasteiger partial charge in [0.25, 0.3) is 0 Å². The molecule has 0 spiro atoms. The van der Waals surface area contributed by atoms with E-state index in [2.05, 4.69) is 64.2 Å². The molecule has 3 rings (SSSR count). The average Bonchev–Trinajstić information content (AvgIpc) is 2.46. The lowest BCUT2D eigenvalue weighted by Crippen LogP contribution is -1.97. The first-order valence-electron chi connectivity index (χ1n) is 6.84. The fourth-order valence-corrected chi connectivity index (χ4v) is 2.90. The predicted molar refractivity (Wildman–Crippen MR) is 90.0 cm³/mol. The van der Waals surface area contributed by atoms with Crippen molar-refractivity contribution in [1.82, 2.24) is 4.98 Å². The van der Waals surface area contributed by atoms with E-state index >= 15 is 0 Å². The zero-order valence-corrected chi connectivity index (χ0v) is 13.6. The minimum atomic E-state index is 0.700. The van der Waals surface area contributed by atoms with Crippen molar-refractivity contribution in [2.45, 2.75) is 13.3 Å². The van der Waals surface area contributed by atoms with Crippen LogP contribution >= 0.6 is 15.9 Å². The van der Waals surface area contributed by atoms with Gasteiger partial charge in [0.2, 0.25) is 5.88 Å². The highest BCUT2D eigenvalue weighted by molar-refractivity contribution is 9.10. The van der Waals surface area contributed by atoms with E-state index < -0.39 is 0 Å². The third kappa shape index (κ3) is 3.08. The van der Waals surface area contributed by atoms with Gasteiger partial charge in [0, 0.05) is 21.8 Å². The molecule has 0 fully saturated rings. The first kappa shape index (κ1) is 14.1. The molecule has 2 nitrogen and oxygen atoms in total. The lowest BCUT2D eigenvalue weighted by molar-refractivity contribution is 0.395. The number of aromatic nitrogens is 1. The zero-order valence-electron chi connectivity index (χ0n) is 12.1. The number of hydrogen-bond donors (Lipinski definition) is 0. The first-order valence-corrected chi connectivity index (χ1v) is 7.64. The topological polar surface area (TPSA) is 22.1 Å². The maximum Gasteiger partial charge on any atom is 0.217 e. The summed E-state index contributed by atoms with van der Waals surface area (Å²) in [6.07, 6.45) is 0.820. The van der Waals surface area contributed by atoms with Crippen molar-refractivity contribution in [3.05, 3.63) is 69.7 Å². The molecule has 3 aromatic rings. The Bertz CT molecular complexity index is 798. The SMILES string of the molecule is COc1nc2ccc(Br)cc2cc1Cc1cccc(C)c1. The third-order valence-electron chi connectivity index (χ3n) is 3.49. The van der Waals surface area contributed by atoms with E-state index in [1.165, 1.54) is 11.1 Å². The van der Waals surface area contributed by atoms with Crippen LogP contribution in [0.5, 0.6) is 5.88 Å². The van der Waals surface area contributed by atoms with Crippen LogP contribution in [0.4, 0.5) is 0 Å². The Morgan fingerprint density at radius 3 is 2.71 bits per heavy atom. The van der Waals surface area contributed by atoms with Gasteiger partial charge in [-0.2, -0.15) is 0 Å². The van der Waals surface area contributed by atoms with E-state index in [4.69, 9.17) is 4.74 Å². The summed E-state index contributed by atoms with van der Waals surface area (Å²) in [5, 5.41) is 1.12. The summed E-state index contributed by atoms with van der Waals surface area (Å²) in [7, 11) is 1.67. The number of fused-ring (bicyclic) bond motifs is 1. The van der Waals surface area contributed by atoms with Crippen LogP contribution in [-0.2, 0) is 6.42 Å². The monoisotopic (exact) mass is 341 g/mol. The molecule has 0 atom stereocenters. The second kappa shape index (κ2) is 5.86. The molecule has 1 aromatic heterocycles. The summed E-state index contributed by atoms with van der Waals surface area (Å²) in [5.74, 6) is 0.700. The summed E-state index contributed by atoms with van der Waals surface area (Å²) in [6, 6.07) is 16.8. The number of nitrogens with zero attached hydrogens (tertiary/aromatic N) is 1. The van der Waals surface area contributed by atoms with Crippen LogP contribution < -0.4 is 4.74 Å². The standard InChI is InChI=1S/C18H16BrNO/c1-12-4-3-5-13(8-12)9-15-10-14-11-16(19)6-7-17(14)20-18(15)21-2/h3-8,10-11H,9H2,1-2H3. The number of hydrogen-bond acceptors (Lipinski definition) is 2. The van der Waals surface area contributed by atoms with Gasteiger partial charge in [0.15, 0.2) is 0 Å². The lowest BCUT2D eigenvalue weighted by atomic mass is 10.0. The van der Waals surface area contributed by atoms with Crippen LogP contribution in [0.25, 0.3) is 10.9 Å². The van der Waals surface area contributed by atoms with Crippen molar-refractivity contribution in [2.24, 2.45) is 0 Å². The molecule has 0 amide bonds. The zero-order chi connectivity index (χ0) is 14.8. The van der Waals surface area contributed by atoms with E-state index in [-0.39, 0.29) is 0 Å². The van der Waals surface area contributed by atoms with Gasteiger partial charge in [0.05, 0.1) is 12.6 Å². The van der Waals surface area contributed by atoms with Gasteiger partial charge < -0.3 is 4.74 Å². The highest BCUT2D eigenvalue weighted by Gasteiger charge is 2.09. The van der Waals surface area contributed by atoms with E-state index in [1.807, 2.05) is 12.1 Å². The number of aryl methyl sites for hydroxylation is 1. The molecular formula is C18H16BrNO. The fraction of sp³-hybridized carbons (Fsp3) is 0.167. The third-order valence-corrected chi connectivity index (χ3v) is 3.98. The van der Waals surface area contributed by atoms with Crippen LogP contribution in [0.2, 0.25) is 0 Å². The van der Waals surface area contributed by atoms with Crippen molar-refractivity contribution in [1.29, 1.82) is 0 Å². The van der Waals surface area contributed by atoms with Crippen LogP contribution in [0.15, 0.2) is 53.0 Å². The average molecular weight is 342 g/mol. The summed E-state index contributed by atoms with van der Waals surface area (Å²) in [5.41, 5.74) is 4.59. The highest BCUT2D eigenvalue weighted by atomic mass is 79.9. The van der Waals surface area contributed by atoms with Gasteiger partial charge in [-0.05, 0) is 36.8 Å². The van der Waals surface area contributed by atoms with Crippen molar-refractivity contribution >= 4 is 26.8 Å². The summed E-state index contributed by atoms with van der Waals surface area (Å²) in [6.45, 7) is 2.11. The number of halogens is 1. The number of ether oxygens (including phenoxy) is 1. The van der Waals surface area contributed by atoms with Gasteiger partial charge in [-0.25, -0.2) is 4.98 Å². The number of pyridine rings is 1. The van der Waals surface area contributed by atoms with E-state index in [0.717, 1.165) is 27.4 Å². The number of methoxy groups -OCH3 is 1. The molecule has 106 valence electrons. The molecule has 0 aliphatic heterocycles. The minimum absolute atomic E-state index is 0.700. The largest absolute Gasteiger partial charge is 0.481 e.